The van der Waals surface area contributed by atoms with Crippen LogP contribution in [-0.4, -0.2) is 29.8 Å². The van der Waals surface area contributed by atoms with E-state index in [0.29, 0.717) is 5.69 Å². The van der Waals surface area contributed by atoms with Gasteiger partial charge < -0.3 is 0 Å². The SMILES string of the molecule is CON(C(C)c1ccccc1C)S(=O)(=O)c1cnn(C)c1C. The first-order valence-electron chi connectivity index (χ1n) is 6.93. The number of hydrogen-bond donors (Lipinski definition) is 0. The van der Waals surface area contributed by atoms with Gasteiger partial charge in [0.2, 0.25) is 0 Å². The Labute approximate surface area is 131 Å². The van der Waals surface area contributed by atoms with Crippen LogP contribution in [0.5, 0.6) is 0 Å². The summed E-state index contributed by atoms with van der Waals surface area (Å²) in [5.41, 5.74) is 2.48. The van der Waals surface area contributed by atoms with Crippen LogP contribution in [0.3, 0.4) is 0 Å². The predicted molar refractivity (Wildman–Crippen MR) is 83.6 cm³/mol. The topological polar surface area (TPSA) is 64.4 Å². The van der Waals surface area contributed by atoms with Crippen LogP contribution in [0.1, 0.15) is 29.8 Å². The molecule has 0 saturated carbocycles. The van der Waals surface area contributed by atoms with Gasteiger partial charge in [-0.1, -0.05) is 28.7 Å². The Hall–Kier alpha value is -1.70. The van der Waals surface area contributed by atoms with E-state index < -0.39 is 16.1 Å². The average Bonchev–Trinajstić information content (AvgIpc) is 2.80. The summed E-state index contributed by atoms with van der Waals surface area (Å²) in [7, 11) is -0.734. The molecule has 0 aliphatic rings. The third-order valence-electron chi connectivity index (χ3n) is 3.84. The maximum atomic E-state index is 12.9. The number of aromatic nitrogens is 2. The standard InChI is InChI=1S/C15H21N3O3S/c1-11-8-6-7-9-14(11)12(2)18(21-5)22(19,20)15-10-16-17(4)13(15)3/h6-10,12H,1-5H3. The Morgan fingerprint density at radius 3 is 2.41 bits per heavy atom. The number of nitrogens with zero attached hydrogens (tertiary/aromatic N) is 3. The number of sulfonamides is 1. The molecule has 1 aromatic carbocycles. The van der Waals surface area contributed by atoms with Crippen molar-refractivity contribution in [3.05, 3.63) is 47.3 Å². The minimum atomic E-state index is -3.80. The summed E-state index contributed by atoms with van der Waals surface area (Å²) in [6.45, 7) is 5.46. The van der Waals surface area contributed by atoms with Crippen LogP contribution in [0.25, 0.3) is 0 Å². The van der Waals surface area contributed by atoms with Crippen LogP contribution in [0.2, 0.25) is 0 Å². The molecule has 0 bridgehead atoms. The highest BCUT2D eigenvalue weighted by atomic mass is 32.2. The van der Waals surface area contributed by atoms with Gasteiger partial charge in [0.05, 0.1) is 25.0 Å². The first-order chi connectivity index (χ1) is 10.3. The fourth-order valence-corrected chi connectivity index (χ4v) is 4.07. The summed E-state index contributed by atoms with van der Waals surface area (Å²) in [5, 5.41) is 4.00. The summed E-state index contributed by atoms with van der Waals surface area (Å²) >= 11 is 0. The number of hydroxylamine groups is 1. The van der Waals surface area contributed by atoms with Crippen LogP contribution in [-0.2, 0) is 21.9 Å². The zero-order valence-electron chi connectivity index (χ0n) is 13.4. The second-order valence-electron chi connectivity index (χ2n) is 5.19. The van der Waals surface area contributed by atoms with Crippen LogP contribution in [0.4, 0.5) is 0 Å². The van der Waals surface area contributed by atoms with Crippen LogP contribution < -0.4 is 0 Å². The van der Waals surface area contributed by atoms with Crippen molar-refractivity contribution >= 4 is 10.0 Å². The van der Waals surface area contributed by atoms with Crippen molar-refractivity contribution in [2.24, 2.45) is 7.05 Å². The number of benzene rings is 1. The van der Waals surface area contributed by atoms with Crippen molar-refractivity contribution in [3.63, 3.8) is 0 Å². The smallest absolute Gasteiger partial charge is 0.268 e. The second-order valence-corrected chi connectivity index (χ2v) is 6.94. The highest BCUT2D eigenvalue weighted by Crippen LogP contribution is 2.30. The molecular weight excluding hydrogens is 302 g/mol. The molecule has 0 aliphatic heterocycles. The maximum Gasteiger partial charge on any atom is 0.268 e. The zero-order chi connectivity index (χ0) is 16.5. The molecule has 6 nitrogen and oxygen atoms in total. The van der Waals surface area contributed by atoms with Gasteiger partial charge in [-0.15, -0.1) is 0 Å². The van der Waals surface area contributed by atoms with E-state index in [1.54, 1.807) is 20.9 Å². The van der Waals surface area contributed by atoms with E-state index in [1.807, 2.05) is 31.2 Å². The van der Waals surface area contributed by atoms with Gasteiger partial charge >= 0.3 is 0 Å². The monoisotopic (exact) mass is 323 g/mol. The lowest BCUT2D eigenvalue weighted by Crippen LogP contribution is -2.33. The molecule has 0 N–H and O–H groups in total. The summed E-state index contributed by atoms with van der Waals surface area (Å²) in [6.07, 6.45) is 1.35. The van der Waals surface area contributed by atoms with E-state index in [4.69, 9.17) is 4.84 Å². The van der Waals surface area contributed by atoms with Gasteiger partial charge in [-0.3, -0.25) is 9.52 Å². The molecule has 0 aliphatic carbocycles. The van der Waals surface area contributed by atoms with Gasteiger partial charge in [0.1, 0.15) is 4.90 Å². The molecule has 1 heterocycles. The Kier molecular flexibility index (Phi) is 4.69. The van der Waals surface area contributed by atoms with Crippen LogP contribution in [0.15, 0.2) is 35.4 Å². The molecule has 2 rings (SSSR count). The Balaban J connectivity index is 2.47. The first kappa shape index (κ1) is 16.7. The van der Waals surface area contributed by atoms with E-state index in [0.717, 1.165) is 15.6 Å². The van der Waals surface area contributed by atoms with E-state index in [-0.39, 0.29) is 4.90 Å². The summed E-state index contributed by atoms with van der Waals surface area (Å²) in [4.78, 5) is 5.36. The zero-order valence-corrected chi connectivity index (χ0v) is 14.3. The third-order valence-corrected chi connectivity index (χ3v) is 5.74. The van der Waals surface area contributed by atoms with E-state index >= 15 is 0 Å². The summed E-state index contributed by atoms with van der Waals surface area (Å²) in [6, 6.07) is 7.20. The fraction of sp³-hybridized carbons (Fsp3) is 0.400. The fourth-order valence-electron chi connectivity index (χ4n) is 2.46. The molecule has 2 aromatic rings. The van der Waals surface area contributed by atoms with Gasteiger partial charge in [-0.05, 0) is 31.9 Å². The van der Waals surface area contributed by atoms with Gasteiger partial charge in [0.15, 0.2) is 0 Å². The van der Waals surface area contributed by atoms with Gasteiger partial charge in [0.25, 0.3) is 10.0 Å². The van der Waals surface area contributed by atoms with E-state index in [2.05, 4.69) is 5.10 Å². The lowest BCUT2D eigenvalue weighted by Gasteiger charge is -2.27. The van der Waals surface area contributed by atoms with Crippen molar-refractivity contribution < 1.29 is 13.3 Å². The summed E-state index contributed by atoms with van der Waals surface area (Å²) < 4.78 is 28.3. The van der Waals surface area contributed by atoms with Crippen LogP contribution in [0, 0.1) is 13.8 Å². The molecule has 0 amide bonds. The normalized spacial score (nSPS) is 13.5. The predicted octanol–water partition coefficient (Wildman–Crippen LogP) is 2.35. The van der Waals surface area contributed by atoms with Crippen molar-refractivity contribution in [1.29, 1.82) is 0 Å². The minimum Gasteiger partial charge on any atom is -0.287 e. The largest absolute Gasteiger partial charge is 0.287 e. The highest BCUT2D eigenvalue weighted by Gasteiger charge is 2.33. The van der Waals surface area contributed by atoms with Crippen molar-refractivity contribution in [1.82, 2.24) is 14.2 Å². The molecule has 0 saturated heterocycles. The number of hydrogen-bond acceptors (Lipinski definition) is 4. The van der Waals surface area contributed by atoms with E-state index in [1.165, 1.54) is 18.0 Å². The van der Waals surface area contributed by atoms with Crippen molar-refractivity contribution in [2.75, 3.05) is 7.11 Å². The van der Waals surface area contributed by atoms with Crippen molar-refractivity contribution in [2.45, 2.75) is 31.7 Å². The molecule has 1 unspecified atom stereocenters. The van der Waals surface area contributed by atoms with Gasteiger partial charge in [0, 0.05) is 7.05 Å². The number of aryl methyl sites for hydroxylation is 2. The molecule has 7 heteroatoms. The molecular formula is C15H21N3O3S. The van der Waals surface area contributed by atoms with Gasteiger partial charge in [-0.2, -0.15) is 5.10 Å². The Morgan fingerprint density at radius 2 is 1.91 bits per heavy atom. The lowest BCUT2D eigenvalue weighted by atomic mass is 10.0. The molecule has 0 fully saturated rings. The molecule has 0 spiro atoms. The second kappa shape index (κ2) is 6.20. The van der Waals surface area contributed by atoms with Crippen molar-refractivity contribution in [3.8, 4) is 0 Å². The Morgan fingerprint density at radius 1 is 1.27 bits per heavy atom. The molecule has 1 aromatic heterocycles. The first-order valence-corrected chi connectivity index (χ1v) is 8.37. The molecule has 22 heavy (non-hydrogen) atoms. The molecule has 1 atom stereocenters. The quantitative estimate of drug-likeness (QED) is 0.792. The summed E-state index contributed by atoms with van der Waals surface area (Å²) in [5.74, 6) is 0. The highest BCUT2D eigenvalue weighted by molar-refractivity contribution is 7.89. The van der Waals surface area contributed by atoms with Crippen LogP contribution >= 0.6 is 0 Å². The Bertz CT molecular complexity index is 768. The van der Waals surface area contributed by atoms with E-state index in [9.17, 15) is 8.42 Å². The molecule has 0 radical (unpaired) electrons. The third kappa shape index (κ3) is 2.79. The lowest BCUT2D eigenvalue weighted by molar-refractivity contribution is -0.0774. The number of rotatable bonds is 5. The maximum absolute atomic E-state index is 12.9. The minimum absolute atomic E-state index is 0.150. The van der Waals surface area contributed by atoms with Gasteiger partial charge in [-0.25, -0.2) is 8.42 Å². The molecule has 120 valence electrons. The average molecular weight is 323 g/mol.